The molecular weight excluding hydrogens is 314 g/mol. The van der Waals surface area contributed by atoms with E-state index in [-0.39, 0.29) is 19.6 Å². The molecule has 0 bridgehead atoms. The summed E-state index contributed by atoms with van der Waals surface area (Å²) in [5.41, 5.74) is -0.0287. The van der Waals surface area contributed by atoms with Crippen LogP contribution >= 0.6 is 0 Å². The Hall–Kier alpha value is -2.19. The highest BCUT2D eigenvalue weighted by Crippen LogP contribution is 2.19. The summed E-state index contributed by atoms with van der Waals surface area (Å²) in [7, 11) is 0. The summed E-state index contributed by atoms with van der Waals surface area (Å²) in [6, 6.07) is 3.72. The van der Waals surface area contributed by atoms with E-state index in [1.54, 1.807) is 20.0 Å². The lowest BCUT2D eigenvalue weighted by molar-refractivity contribution is -0.139. The number of aromatic nitrogens is 1. The maximum Gasteiger partial charge on any atom is 0.287 e. The van der Waals surface area contributed by atoms with Crippen LogP contribution in [0.4, 0.5) is 0 Å². The summed E-state index contributed by atoms with van der Waals surface area (Å²) in [4.78, 5) is 38.0. The average Bonchev–Trinajstić information content (AvgIpc) is 3.06. The van der Waals surface area contributed by atoms with E-state index in [2.05, 4.69) is 15.6 Å². The van der Waals surface area contributed by atoms with Crippen LogP contribution in [-0.2, 0) is 20.8 Å². The van der Waals surface area contributed by atoms with Crippen LogP contribution in [0.1, 0.15) is 26.0 Å². The van der Waals surface area contributed by atoms with Crippen molar-refractivity contribution in [2.24, 2.45) is 5.41 Å². The molecule has 0 fully saturated rings. The van der Waals surface area contributed by atoms with Crippen LogP contribution in [0.3, 0.4) is 0 Å². The van der Waals surface area contributed by atoms with Gasteiger partial charge in [0.25, 0.3) is 5.91 Å². The zero-order chi connectivity index (χ0) is 18.2. The highest BCUT2D eigenvalue weighted by atomic mass is 16.3. The summed E-state index contributed by atoms with van der Waals surface area (Å²) in [5, 5.41) is 23.8. The van der Waals surface area contributed by atoms with Crippen molar-refractivity contribution < 1.29 is 24.6 Å². The normalized spacial score (nSPS) is 12.5. The van der Waals surface area contributed by atoms with Gasteiger partial charge in [-0.1, -0.05) is 13.8 Å². The van der Waals surface area contributed by atoms with E-state index in [4.69, 9.17) is 5.11 Å². The summed E-state index contributed by atoms with van der Waals surface area (Å²) in [6.45, 7) is 3.00. The first kappa shape index (κ1) is 19.9. The third kappa shape index (κ3) is 6.13. The van der Waals surface area contributed by atoms with Crippen LogP contribution < -0.4 is 10.6 Å². The smallest absolute Gasteiger partial charge is 0.287 e. The lowest BCUT2D eigenvalue weighted by Crippen LogP contribution is -2.46. The van der Waals surface area contributed by atoms with E-state index in [1.807, 2.05) is 12.1 Å². The largest absolute Gasteiger partial charge is 0.396 e. The number of Topliss-reactive ketones (excluding diaryl/α,β-unsaturated/α-hetero) is 1. The van der Waals surface area contributed by atoms with Crippen molar-refractivity contribution in [3.05, 3.63) is 24.0 Å². The minimum Gasteiger partial charge on any atom is -0.396 e. The number of rotatable bonds is 10. The number of aliphatic hydroxyl groups excluding tert-OH is 2. The number of ketones is 1. The highest BCUT2D eigenvalue weighted by molar-refractivity contribution is 6.36. The Labute approximate surface area is 140 Å². The molecule has 0 aromatic carbocycles. The van der Waals surface area contributed by atoms with E-state index in [0.717, 1.165) is 5.69 Å². The molecule has 1 atom stereocenters. The molecule has 1 aromatic heterocycles. The molecule has 0 aliphatic rings. The van der Waals surface area contributed by atoms with Gasteiger partial charge in [0, 0.05) is 43.2 Å². The molecule has 8 nitrogen and oxygen atoms in total. The Morgan fingerprint density at radius 3 is 2.54 bits per heavy atom. The number of aliphatic hydroxyl groups is 2. The fourth-order valence-corrected chi connectivity index (χ4v) is 1.88. The molecule has 2 amide bonds. The molecule has 1 aromatic rings. The first-order valence-corrected chi connectivity index (χ1v) is 7.78. The van der Waals surface area contributed by atoms with Gasteiger partial charge in [0.2, 0.25) is 11.7 Å². The monoisotopic (exact) mass is 339 g/mol. The van der Waals surface area contributed by atoms with Crippen molar-refractivity contribution in [2.45, 2.75) is 32.8 Å². The van der Waals surface area contributed by atoms with Crippen molar-refractivity contribution in [2.75, 3.05) is 19.7 Å². The van der Waals surface area contributed by atoms with Crippen LogP contribution in [0.5, 0.6) is 0 Å². The lowest BCUT2D eigenvalue weighted by atomic mass is 9.87. The molecule has 24 heavy (non-hydrogen) atoms. The standard InChI is InChI=1S/C16H25N3O5/c1-16(2,10-20)13(22)15(24)19-9-6-12(21)14(23)18-8-5-11-4-3-7-17-11/h3-4,7,13,17,20,22H,5-6,8-10H2,1-2H3,(H,18,23)(H,19,24)/t13-/m0/s1. The zero-order valence-electron chi connectivity index (χ0n) is 14.0. The molecule has 0 radical (unpaired) electrons. The van der Waals surface area contributed by atoms with Crippen LogP contribution in [0.2, 0.25) is 0 Å². The van der Waals surface area contributed by atoms with Gasteiger partial charge in [-0.05, 0) is 12.1 Å². The van der Waals surface area contributed by atoms with Gasteiger partial charge in [-0.15, -0.1) is 0 Å². The molecule has 5 N–H and O–H groups in total. The van der Waals surface area contributed by atoms with Gasteiger partial charge in [0.05, 0.1) is 6.61 Å². The van der Waals surface area contributed by atoms with Gasteiger partial charge in [-0.2, -0.15) is 0 Å². The number of H-pyrrole nitrogens is 1. The van der Waals surface area contributed by atoms with Gasteiger partial charge in [0.15, 0.2) is 0 Å². The maximum absolute atomic E-state index is 11.7. The molecule has 0 saturated heterocycles. The molecule has 1 heterocycles. The topological polar surface area (TPSA) is 132 Å². The number of nitrogens with one attached hydrogen (secondary N) is 3. The molecule has 0 spiro atoms. The lowest BCUT2D eigenvalue weighted by Gasteiger charge is -2.27. The Kier molecular flexibility index (Phi) is 7.60. The third-order valence-corrected chi connectivity index (χ3v) is 3.64. The molecule has 8 heteroatoms. The van der Waals surface area contributed by atoms with E-state index in [9.17, 15) is 19.5 Å². The van der Waals surface area contributed by atoms with E-state index in [0.29, 0.717) is 13.0 Å². The molecule has 1 rings (SSSR count). The Morgan fingerprint density at radius 2 is 1.96 bits per heavy atom. The second kappa shape index (κ2) is 9.19. The number of amides is 2. The van der Waals surface area contributed by atoms with Crippen LogP contribution in [0.15, 0.2) is 18.3 Å². The SMILES string of the molecule is CC(C)(CO)[C@@H](O)C(=O)NCCC(=O)C(=O)NCCc1ccc[nH]1. The molecule has 0 unspecified atom stereocenters. The minimum absolute atomic E-state index is 0.0553. The van der Waals surface area contributed by atoms with Gasteiger partial charge in [-0.3, -0.25) is 14.4 Å². The Balaban J connectivity index is 2.25. The number of hydrogen-bond acceptors (Lipinski definition) is 5. The minimum atomic E-state index is -1.40. The van der Waals surface area contributed by atoms with Gasteiger partial charge < -0.3 is 25.8 Å². The van der Waals surface area contributed by atoms with Gasteiger partial charge in [0.1, 0.15) is 6.10 Å². The van der Waals surface area contributed by atoms with Crippen LogP contribution in [-0.4, -0.2) is 58.6 Å². The predicted octanol–water partition coefficient (Wildman–Crippen LogP) is -0.872. The molecule has 134 valence electrons. The summed E-state index contributed by atoms with van der Waals surface area (Å²) in [5.74, 6) is -2.03. The van der Waals surface area contributed by atoms with Crippen molar-refractivity contribution in [3.63, 3.8) is 0 Å². The second-order valence-electron chi connectivity index (χ2n) is 6.21. The van der Waals surface area contributed by atoms with Crippen LogP contribution in [0.25, 0.3) is 0 Å². The summed E-state index contributed by atoms with van der Waals surface area (Å²) >= 11 is 0. The van der Waals surface area contributed by atoms with Gasteiger partial charge >= 0.3 is 0 Å². The van der Waals surface area contributed by atoms with Crippen molar-refractivity contribution in [1.29, 1.82) is 0 Å². The third-order valence-electron chi connectivity index (χ3n) is 3.64. The first-order valence-electron chi connectivity index (χ1n) is 7.78. The van der Waals surface area contributed by atoms with E-state index >= 15 is 0 Å². The molecule has 0 saturated carbocycles. The summed E-state index contributed by atoms with van der Waals surface area (Å²) in [6.07, 6.45) is 0.807. The number of carbonyl (C=O) groups excluding carboxylic acids is 3. The van der Waals surface area contributed by atoms with E-state index < -0.39 is 29.1 Å². The fourth-order valence-electron chi connectivity index (χ4n) is 1.88. The predicted molar refractivity (Wildman–Crippen MR) is 87.0 cm³/mol. The van der Waals surface area contributed by atoms with Crippen molar-refractivity contribution in [1.82, 2.24) is 15.6 Å². The quantitative estimate of drug-likeness (QED) is 0.354. The zero-order valence-corrected chi connectivity index (χ0v) is 14.0. The average molecular weight is 339 g/mol. The summed E-state index contributed by atoms with van der Waals surface area (Å²) < 4.78 is 0. The van der Waals surface area contributed by atoms with Crippen molar-refractivity contribution in [3.8, 4) is 0 Å². The maximum atomic E-state index is 11.7. The first-order chi connectivity index (χ1) is 11.3. The number of aromatic amines is 1. The number of hydrogen-bond donors (Lipinski definition) is 5. The Bertz CT molecular complexity index is 554. The Morgan fingerprint density at radius 1 is 1.25 bits per heavy atom. The van der Waals surface area contributed by atoms with Crippen molar-refractivity contribution >= 4 is 17.6 Å². The second-order valence-corrected chi connectivity index (χ2v) is 6.21. The van der Waals surface area contributed by atoms with Crippen LogP contribution in [0, 0.1) is 5.41 Å². The highest BCUT2D eigenvalue weighted by Gasteiger charge is 2.32. The molecular formula is C16H25N3O5. The fraction of sp³-hybridized carbons (Fsp3) is 0.562. The molecule has 0 aliphatic carbocycles. The number of carbonyl (C=O) groups is 3. The van der Waals surface area contributed by atoms with Gasteiger partial charge in [-0.25, -0.2) is 0 Å². The van der Waals surface area contributed by atoms with E-state index in [1.165, 1.54) is 0 Å². The molecule has 0 aliphatic heterocycles.